The third-order valence-electron chi connectivity index (χ3n) is 2.71. The Morgan fingerprint density at radius 3 is 2.75 bits per heavy atom. The van der Waals surface area contributed by atoms with Gasteiger partial charge in [0.1, 0.15) is 0 Å². The monoisotopic (exact) mass is 258 g/mol. The lowest BCUT2D eigenvalue weighted by Crippen LogP contribution is -2.16. The summed E-state index contributed by atoms with van der Waals surface area (Å²) >= 11 is 5.86. The Labute approximate surface area is 99.5 Å². The molecule has 1 aliphatic carbocycles. The summed E-state index contributed by atoms with van der Waals surface area (Å²) in [6.45, 7) is 1.77. The normalized spacial score (nSPS) is 20.2. The van der Waals surface area contributed by atoms with E-state index < -0.39 is 10.1 Å². The Balaban J connectivity index is 2.57. The zero-order chi connectivity index (χ0) is 11.9. The van der Waals surface area contributed by atoms with Gasteiger partial charge in [-0.05, 0) is 41.7 Å². The van der Waals surface area contributed by atoms with Crippen molar-refractivity contribution in [1.29, 1.82) is 0 Å². The van der Waals surface area contributed by atoms with Crippen LogP contribution in [-0.4, -0.2) is 13.0 Å². The number of rotatable bonds is 1. The minimum Gasteiger partial charge on any atom is -0.282 e. The van der Waals surface area contributed by atoms with E-state index in [1.54, 1.807) is 19.1 Å². The molecule has 0 aromatic heterocycles. The minimum atomic E-state index is -4.10. The third-order valence-corrected chi connectivity index (χ3v) is 4.06. The van der Waals surface area contributed by atoms with Gasteiger partial charge >= 0.3 is 0 Å². The van der Waals surface area contributed by atoms with E-state index in [0.717, 1.165) is 11.1 Å². The fraction of sp³-hybridized carbons (Fsp3) is 0.273. The van der Waals surface area contributed by atoms with Crippen molar-refractivity contribution >= 4 is 27.8 Å². The van der Waals surface area contributed by atoms with E-state index >= 15 is 0 Å². The van der Waals surface area contributed by atoms with Gasteiger partial charge in [0.25, 0.3) is 10.1 Å². The van der Waals surface area contributed by atoms with Crippen molar-refractivity contribution in [3.63, 3.8) is 0 Å². The highest BCUT2D eigenvalue weighted by molar-refractivity contribution is 7.90. The summed E-state index contributed by atoms with van der Waals surface area (Å²) in [5.41, 5.74) is 1.81. The second-order valence-corrected chi connectivity index (χ2v) is 5.83. The first-order valence-corrected chi connectivity index (χ1v) is 6.67. The Hall–Kier alpha value is -0.840. The molecule has 2 rings (SSSR count). The smallest absolute Gasteiger partial charge is 0.282 e. The Bertz CT molecular complexity index is 561. The second kappa shape index (κ2) is 3.87. The number of hydrogen-bond donors (Lipinski definition) is 1. The van der Waals surface area contributed by atoms with Crippen LogP contribution in [-0.2, 0) is 16.5 Å². The first kappa shape index (κ1) is 11.6. The molecule has 0 radical (unpaired) electrons. The first-order chi connectivity index (χ1) is 7.38. The molecule has 1 aliphatic rings. The van der Waals surface area contributed by atoms with Crippen LogP contribution < -0.4 is 0 Å². The van der Waals surface area contributed by atoms with Gasteiger partial charge < -0.3 is 0 Å². The van der Waals surface area contributed by atoms with E-state index in [4.69, 9.17) is 16.2 Å². The van der Waals surface area contributed by atoms with Crippen molar-refractivity contribution in [2.45, 2.75) is 13.3 Å². The molecule has 0 amide bonds. The van der Waals surface area contributed by atoms with E-state index in [1.807, 2.05) is 6.07 Å². The lowest BCUT2D eigenvalue weighted by molar-refractivity contribution is 0.483. The molecule has 5 heteroatoms. The van der Waals surface area contributed by atoms with Crippen molar-refractivity contribution < 1.29 is 13.0 Å². The van der Waals surface area contributed by atoms with Gasteiger partial charge in [-0.2, -0.15) is 8.42 Å². The maximum atomic E-state index is 11.1. The largest absolute Gasteiger partial charge is 0.290 e. The SMILES string of the molecule is CC1Cc2cc(Cl)ccc2C=C1S(=O)(=O)O. The standard InChI is InChI=1S/C11H11ClO3S/c1-7-4-9-5-10(12)3-2-8(9)6-11(7)16(13,14)15/h2-3,5-7H,4H2,1H3,(H,13,14,15). The van der Waals surface area contributed by atoms with Crippen LogP contribution in [0.2, 0.25) is 5.02 Å². The molecule has 1 N–H and O–H groups in total. The van der Waals surface area contributed by atoms with Gasteiger partial charge in [0, 0.05) is 5.02 Å². The third kappa shape index (κ3) is 2.14. The van der Waals surface area contributed by atoms with Crippen LogP contribution in [0.3, 0.4) is 0 Å². The summed E-state index contributed by atoms with van der Waals surface area (Å²) in [6.07, 6.45) is 2.08. The highest BCUT2D eigenvalue weighted by Gasteiger charge is 2.25. The zero-order valence-corrected chi connectivity index (χ0v) is 10.2. The Kier molecular flexibility index (Phi) is 2.82. The summed E-state index contributed by atoms with van der Waals surface area (Å²) in [7, 11) is -4.10. The molecule has 1 aromatic rings. The number of halogens is 1. The highest BCUT2D eigenvalue weighted by Crippen LogP contribution is 2.32. The molecule has 86 valence electrons. The maximum absolute atomic E-state index is 11.1. The van der Waals surface area contributed by atoms with Gasteiger partial charge in [0.15, 0.2) is 0 Å². The van der Waals surface area contributed by atoms with Crippen LogP contribution >= 0.6 is 11.6 Å². The van der Waals surface area contributed by atoms with E-state index in [1.165, 1.54) is 6.08 Å². The molecule has 0 saturated heterocycles. The van der Waals surface area contributed by atoms with Crippen LogP contribution in [0.25, 0.3) is 6.08 Å². The van der Waals surface area contributed by atoms with Crippen molar-refractivity contribution in [3.8, 4) is 0 Å². The summed E-state index contributed by atoms with van der Waals surface area (Å²) in [5.74, 6) is -0.221. The summed E-state index contributed by atoms with van der Waals surface area (Å²) in [4.78, 5) is 0.0716. The van der Waals surface area contributed by atoms with E-state index in [-0.39, 0.29) is 10.8 Å². The average Bonchev–Trinajstić information content (AvgIpc) is 2.14. The predicted molar refractivity (Wildman–Crippen MR) is 63.8 cm³/mol. The zero-order valence-electron chi connectivity index (χ0n) is 8.64. The lowest BCUT2D eigenvalue weighted by Gasteiger charge is -2.21. The molecule has 1 unspecified atom stereocenters. The van der Waals surface area contributed by atoms with Gasteiger partial charge in [-0.1, -0.05) is 24.6 Å². The van der Waals surface area contributed by atoms with Crippen LogP contribution in [0.5, 0.6) is 0 Å². The molecule has 1 aromatic carbocycles. The van der Waals surface area contributed by atoms with Crippen LogP contribution in [0, 0.1) is 5.92 Å². The van der Waals surface area contributed by atoms with Crippen molar-refractivity contribution in [3.05, 3.63) is 39.3 Å². The second-order valence-electron chi connectivity index (χ2n) is 3.97. The van der Waals surface area contributed by atoms with Gasteiger partial charge in [0.05, 0.1) is 4.91 Å². The van der Waals surface area contributed by atoms with Gasteiger partial charge in [-0.25, -0.2) is 0 Å². The predicted octanol–water partition coefficient (Wildman–Crippen LogP) is 2.76. The molecule has 3 nitrogen and oxygen atoms in total. The van der Waals surface area contributed by atoms with E-state index in [0.29, 0.717) is 11.4 Å². The molecule has 0 saturated carbocycles. The number of benzene rings is 1. The van der Waals surface area contributed by atoms with Crippen molar-refractivity contribution in [1.82, 2.24) is 0 Å². The number of allylic oxidation sites excluding steroid dienone is 1. The Morgan fingerprint density at radius 2 is 2.12 bits per heavy atom. The summed E-state index contributed by atoms with van der Waals surface area (Å²) in [5, 5.41) is 0.634. The van der Waals surface area contributed by atoms with E-state index in [9.17, 15) is 8.42 Å². The molecular formula is C11H11ClO3S. The molecule has 16 heavy (non-hydrogen) atoms. The average molecular weight is 259 g/mol. The quantitative estimate of drug-likeness (QED) is 0.788. The molecule has 0 heterocycles. The molecule has 0 aliphatic heterocycles. The Morgan fingerprint density at radius 1 is 1.44 bits per heavy atom. The van der Waals surface area contributed by atoms with Crippen LogP contribution in [0.15, 0.2) is 23.1 Å². The fourth-order valence-corrected chi connectivity index (χ4v) is 3.01. The lowest BCUT2D eigenvalue weighted by atomic mass is 9.91. The van der Waals surface area contributed by atoms with Gasteiger partial charge in [-0.3, -0.25) is 4.55 Å². The topological polar surface area (TPSA) is 54.4 Å². The number of fused-ring (bicyclic) bond motifs is 1. The van der Waals surface area contributed by atoms with Gasteiger partial charge in [0.2, 0.25) is 0 Å². The molecule has 1 atom stereocenters. The van der Waals surface area contributed by atoms with Crippen LogP contribution in [0.1, 0.15) is 18.1 Å². The molecule has 0 fully saturated rings. The van der Waals surface area contributed by atoms with E-state index in [2.05, 4.69) is 0 Å². The molecule has 0 bridgehead atoms. The highest BCUT2D eigenvalue weighted by atomic mass is 35.5. The van der Waals surface area contributed by atoms with Crippen LogP contribution in [0.4, 0.5) is 0 Å². The fourth-order valence-electron chi connectivity index (χ4n) is 1.95. The molecule has 0 spiro atoms. The maximum Gasteiger partial charge on any atom is 0.290 e. The van der Waals surface area contributed by atoms with Crippen molar-refractivity contribution in [2.24, 2.45) is 5.92 Å². The minimum absolute atomic E-state index is 0.0716. The number of hydrogen-bond acceptors (Lipinski definition) is 2. The summed E-state index contributed by atoms with van der Waals surface area (Å²) in [6, 6.07) is 5.29. The van der Waals surface area contributed by atoms with Crippen molar-refractivity contribution in [2.75, 3.05) is 0 Å². The molecular weight excluding hydrogens is 248 g/mol. The van der Waals surface area contributed by atoms with Gasteiger partial charge in [-0.15, -0.1) is 0 Å². The summed E-state index contributed by atoms with van der Waals surface area (Å²) < 4.78 is 31.3. The first-order valence-electron chi connectivity index (χ1n) is 4.85.